The zero-order valence-corrected chi connectivity index (χ0v) is 9.36. The molecule has 0 aromatic carbocycles. The molecule has 1 heterocycles. The third-order valence-corrected chi connectivity index (χ3v) is 2.43. The number of guanidine groups is 1. The molecule has 0 aromatic heterocycles. The molecule has 1 saturated heterocycles. The number of aliphatic imine (C=N–C) groups is 1. The van der Waals surface area contributed by atoms with Crippen LogP contribution in [0.15, 0.2) is 4.99 Å². The predicted octanol–water partition coefficient (Wildman–Crippen LogP) is 0.820. The van der Waals surface area contributed by atoms with Crippen molar-refractivity contribution in [2.45, 2.75) is 38.8 Å². The molecule has 0 radical (unpaired) electrons. The first-order valence-corrected chi connectivity index (χ1v) is 5.24. The molecule has 14 heavy (non-hydrogen) atoms. The lowest BCUT2D eigenvalue weighted by molar-refractivity contribution is 0.0531. The average Bonchev–Trinajstić information content (AvgIpc) is 2.17. The van der Waals surface area contributed by atoms with Crippen LogP contribution in [0.5, 0.6) is 0 Å². The molecular formula is C10H21N3O. The van der Waals surface area contributed by atoms with E-state index in [4.69, 9.17) is 10.5 Å². The zero-order chi connectivity index (χ0) is 10.6. The first-order chi connectivity index (χ1) is 6.63. The number of hydrogen-bond donors (Lipinski definition) is 1. The van der Waals surface area contributed by atoms with E-state index in [1.54, 1.807) is 7.11 Å². The van der Waals surface area contributed by atoms with Crippen LogP contribution in [0.25, 0.3) is 0 Å². The molecule has 4 nitrogen and oxygen atoms in total. The van der Waals surface area contributed by atoms with Gasteiger partial charge in [-0.05, 0) is 26.7 Å². The Labute approximate surface area is 86.1 Å². The summed E-state index contributed by atoms with van der Waals surface area (Å²) in [6.07, 6.45) is 2.57. The Morgan fingerprint density at radius 1 is 1.57 bits per heavy atom. The molecule has 2 N–H and O–H groups in total. The SMILES string of the molecule is COC1CCCN(C(N)=NC(C)C)C1. The fourth-order valence-corrected chi connectivity index (χ4v) is 1.68. The Kier molecular flexibility index (Phi) is 4.20. The van der Waals surface area contributed by atoms with Crippen molar-refractivity contribution in [2.24, 2.45) is 10.7 Å². The Balaban J connectivity index is 2.51. The van der Waals surface area contributed by atoms with Gasteiger partial charge in [-0.1, -0.05) is 0 Å². The molecule has 1 atom stereocenters. The number of ether oxygens (including phenoxy) is 1. The predicted molar refractivity (Wildman–Crippen MR) is 58.4 cm³/mol. The van der Waals surface area contributed by atoms with Crippen molar-refractivity contribution in [1.29, 1.82) is 0 Å². The number of piperidine rings is 1. The second-order valence-electron chi connectivity index (χ2n) is 4.03. The Morgan fingerprint density at radius 2 is 2.29 bits per heavy atom. The van der Waals surface area contributed by atoms with Crippen LogP contribution in [-0.2, 0) is 4.74 Å². The Hall–Kier alpha value is -0.770. The van der Waals surface area contributed by atoms with Crippen molar-refractivity contribution in [2.75, 3.05) is 20.2 Å². The molecule has 1 rings (SSSR count). The van der Waals surface area contributed by atoms with E-state index in [0.717, 1.165) is 25.9 Å². The Morgan fingerprint density at radius 3 is 2.86 bits per heavy atom. The number of rotatable bonds is 2. The standard InChI is InChI=1S/C10H21N3O/c1-8(2)12-10(11)13-6-4-5-9(7-13)14-3/h8-9H,4-7H2,1-3H3,(H2,11,12). The van der Waals surface area contributed by atoms with Crippen molar-refractivity contribution in [3.8, 4) is 0 Å². The minimum atomic E-state index is 0.262. The number of hydrogen-bond acceptors (Lipinski definition) is 2. The maximum atomic E-state index is 5.89. The highest BCUT2D eigenvalue weighted by Crippen LogP contribution is 2.12. The van der Waals surface area contributed by atoms with Gasteiger partial charge in [-0.3, -0.25) is 4.99 Å². The van der Waals surface area contributed by atoms with Crippen LogP contribution in [-0.4, -0.2) is 43.2 Å². The summed E-state index contributed by atoms with van der Waals surface area (Å²) in [4.78, 5) is 6.44. The zero-order valence-electron chi connectivity index (χ0n) is 9.36. The van der Waals surface area contributed by atoms with Gasteiger partial charge < -0.3 is 15.4 Å². The van der Waals surface area contributed by atoms with Gasteiger partial charge in [-0.15, -0.1) is 0 Å². The van der Waals surface area contributed by atoms with E-state index in [2.05, 4.69) is 9.89 Å². The van der Waals surface area contributed by atoms with E-state index in [0.29, 0.717) is 12.1 Å². The molecule has 1 unspecified atom stereocenters. The lowest BCUT2D eigenvalue weighted by Crippen LogP contribution is -2.46. The summed E-state index contributed by atoms with van der Waals surface area (Å²) >= 11 is 0. The van der Waals surface area contributed by atoms with Crippen LogP contribution in [0.2, 0.25) is 0 Å². The highest BCUT2D eigenvalue weighted by Gasteiger charge is 2.20. The smallest absolute Gasteiger partial charge is 0.191 e. The van der Waals surface area contributed by atoms with Crippen molar-refractivity contribution in [3.05, 3.63) is 0 Å². The summed E-state index contributed by atoms with van der Waals surface area (Å²) in [5, 5.41) is 0. The van der Waals surface area contributed by atoms with Gasteiger partial charge in [-0.25, -0.2) is 0 Å². The Bertz CT molecular complexity index is 204. The summed E-state index contributed by atoms with van der Waals surface area (Å²) in [5.74, 6) is 0.654. The van der Waals surface area contributed by atoms with Crippen molar-refractivity contribution < 1.29 is 4.74 Å². The van der Waals surface area contributed by atoms with Crippen LogP contribution in [0.4, 0.5) is 0 Å². The topological polar surface area (TPSA) is 50.9 Å². The van der Waals surface area contributed by atoms with Gasteiger partial charge in [0, 0.05) is 26.2 Å². The molecule has 0 amide bonds. The largest absolute Gasteiger partial charge is 0.380 e. The molecular weight excluding hydrogens is 178 g/mol. The van der Waals surface area contributed by atoms with E-state index < -0.39 is 0 Å². The van der Waals surface area contributed by atoms with Crippen molar-refractivity contribution in [1.82, 2.24) is 4.90 Å². The van der Waals surface area contributed by atoms with E-state index in [-0.39, 0.29) is 6.04 Å². The second-order valence-corrected chi connectivity index (χ2v) is 4.03. The molecule has 1 aliphatic heterocycles. The minimum Gasteiger partial charge on any atom is -0.380 e. The maximum Gasteiger partial charge on any atom is 0.191 e. The van der Waals surface area contributed by atoms with Crippen LogP contribution >= 0.6 is 0 Å². The first kappa shape index (κ1) is 11.3. The van der Waals surface area contributed by atoms with Crippen LogP contribution < -0.4 is 5.73 Å². The summed E-state index contributed by atoms with van der Waals surface area (Å²) in [5.41, 5.74) is 5.89. The summed E-state index contributed by atoms with van der Waals surface area (Å²) in [6, 6.07) is 0.262. The third-order valence-electron chi connectivity index (χ3n) is 2.43. The fourth-order valence-electron chi connectivity index (χ4n) is 1.68. The van der Waals surface area contributed by atoms with Gasteiger partial charge in [0.05, 0.1) is 6.10 Å². The molecule has 0 spiro atoms. The second kappa shape index (κ2) is 5.20. The van der Waals surface area contributed by atoms with Gasteiger partial charge in [-0.2, -0.15) is 0 Å². The lowest BCUT2D eigenvalue weighted by atomic mass is 10.1. The fraction of sp³-hybridized carbons (Fsp3) is 0.900. The van der Waals surface area contributed by atoms with E-state index in [9.17, 15) is 0 Å². The lowest BCUT2D eigenvalue weighted by Gasteiger charge is -2.32. The molecule has 0 bridgehead atoms. The van der Waals surface area contributed by atoms with Gasteiger partial charge in [0.2, 0.25) is 0 Å². The number of nitrogens with zero attached hydrogens (tertiary/aromatic N) is 2. The summed E-state index contributed by atoms with van der Waals surface area (Å²) in [7, 11) is 1.75. The molecule has 1 aliphatic rings. The molecule has 0 aliphatic carbocycles. The van der Waals surface area contributed by atoms with Gasteiger partial charge in [0.25, 0.3) is 0 Å². The van der Waals surface area contributed by atoms with Crippen LogP contribution in [0.1, 0.15) is 26.7 Å². The number of likely N-dealkylation sites (tertiary alicyclic amines) is 1. The molecule has 0 aromatic rings. The highest BCUT2D eigenvalue weighted by atomic mass is 16.5. The average molecular weight is 199 g/mol. The molecule has 82 valence electrons. The highest BCUT2D eigenvalue weighted by molar-refractivity contribution is 5.78. The summed E-state index contributed by atoms with van der Waals surface area (Å²) < 4.78 is 5.32. The van der Waals surface area contributed by atoms with Crippen LogP contribution in [0.3, 0.4) is 0 Å². The normalized spacial score (nSPS) is 24.4. The van der Waals surface area contributed by atoms with Crippen molar-refractivity contribution >= 4 is 5.96 Å². The van der Waals surface area contributed by atoms with E-state index >= 15 is 0 Å². The van der Waals surface area contributed by atoms with Gasteiger partial charge in [0.1, 0.15) is 0 Å². The molecule has 4 heteroatoms. The van der Waals surface area contributed by atoms with Gasteiger partial charge >= 0.3 is 0 Å². The summed E-state index contributed by atoms with van der Waals surface area (Å²) in [6.45, 7) is 5.94. The van der Waals surface area contributed by atoms with E-state index in [1.807, 2.05) is 13.8 Å². The molecule has 1 fully saturated rings. The quantitative estimate of drug-likeness (QED) is 0.529. The third kappa shape index (κ3) is 3.18. The van der Waals surface area contributed by atoms with Gasteiger partial charge in [0.15, 0.2) is 5.96 Å². The number of nitrogens with two attached hydrogens (primary N) is 1. The van der Waals surface area contributed by atoms with E-state index in [1.165, 1.54) is 0 Å². The van der Waals surface area contributed by atoms with Crippen LogP contribution in [0, 0.1) is 0 Å². The first-order valence-electron chi connectivity index (χ1n) is 5.24. The number of methoxy groups -OCH3 is 1. The minimum absolute atomic E-state index is 0.262. The molecule has 0 saturated carbocycles. The van der Waals surface area contributed by atoms with Crippen molar-refractivity contribution in [3.63, 3.8) is 0 Å². The monoisotopic (exact) mass is 199 g/mol. The maximum absolute atomic E-state index is 5.89.